The van der Waals surface area contributed by atoms with Gasteiger partial charge >= 0.3 is 12.0 Å². The monoisotopic (exact) mass is 286 g/mol. The van der Waals surface area contributed by atoms with E-state index in [2.05, 4.69) is 10.6 Å². The largest absolute Gasteiger partial charge is 0.481 e. The molecule has 1 saturated heterocycles. The average Bonchev–Trinajstić information content (AvgIpc) is 2.26. The Hall–Kier alpha value is -1.63. The number of ether oxygens (including phenoxy) is 1. The molecule has 3 N–H and O–H groups in total. The van der Waals surface area contributed by atoms with Gasteiger partial charge in [-0.3, -0.25) is 14.9 Å². The Morgan fingerprint density at radius 3 is 2.65 bits per heavy atom. The first kappa shape index (κ1) is 16.4. The first-order valence-corrected chi connectivity index (χ1v) is 6.80. The Bertz CT molecular complexity index is 372. The molecule has 3 amide bonds. The second-order valence-electron chi connectivity index (χ2n) is 5.33. The van der Waals surface area contributed by atoms with Crippen LogP contribution in [0.3, 0.4) is 0 Å². The molecule has 1 rings (SSSR count). The molecule has 0 aliphatic carbocycles. The lowest BCUT2D eigenvalue weighted by atomic mass is 10.0. The number of imide groups is 1. The molecule has 1 aliphatic heterocycles. The number of carbonyl (C=O) groups excluding carboxylic acids is 2. The summed E-state index contributed by atoms with van der Waals surface area (Å²) in [4.78, 5) is 33.7. The quantitative estimate of drug-likeness (QED) is 0.696. The van der Waals surface area contributed by atoms with Crippen LogP contribution in [0.4, 0.5) is 4.79 Å². The van der Waals surface area contributed by atoms with E-state index in [-0.39, 0.29) is 30.9 Å². The highest BCUT2D eigenvalue weighted by atomic mass is 16.5. The van der Waals surface area contributed by atoms with E-state index in [1.807, 2.05) is 6.92 Å². The van der Waals surface area contributed by atoms with Crippen LogP contribution in [0.5, 0.6) is 0 Å². The summed E-state index contributed by atoms with van der Waals surface area (Å²) in [6.45, 7) is 4.19. The third kappa shape index (κ3) is 6.51. The molecule has 0 aromatic heterocycles. The Kier molecular flexibility index (Phi) is 6.44. The van der Waals surface area contributed by atoms with Gasteiger partial charge in [0.15, 0.2) is 0 Å². The van der Waals surface area contributed by atoms with Gasteiger partial charge in [-0.2, -0.15) is 0 Å². The third-order valence-electron chi connectivity index (χ3n) is 3.13. The second kappa shape index (κ2) is 7.84. The lowest BCUT2D eigenvalue weighted by Gasteiger charge is -2.27. The van der Waals surface area contributed by atoms with Gasteiger partial charge in [0.2, 0.25) is 5.91 Å². The number of carboxylic acid groups (broad SMARTS) is 1. The molecule has 1 heterocycles. The number of hydrogen-bond donors (Lipinski definition) is 3. The zero-order valence-electron chi connectivity index (χ0n) is 11.8. The number of nitrogens with one attached hydrogen (secondary N) is 2. The molecule has 0 aromatic carbocycles. The molecule has 1 fully saturated rings. The molecule has 7 heteroatoms. The fourth-order valence-corrected chi connectivity index (χ4v) is 2.22. The summed E-state index contributed by atoms with van der Waals surface area (Å²) >= 11 is 0. The minimum absolute atomic E-state index is 0.00277. The number of carbonyl (C=O) groups is 3. The van der Waals surface area contributed by atoms with Crippen molar-refractivity contribution in [1.29, 1.82) is 0 Å². The van der Waals surface area contributed by atoms with Crippen molar-refractivity contribution < 1.29 is 24.2 Å². The van der Waals surface area contributed by atoms with Crippen molar-refractivity contribution in [2.75, 3.05) is 6.61 Å². The van der Waals surface area contributed by atoms with E-state index in [0.29, 0.717) is 6.61 Å². The molecule has 1 aliphatic rings. The van der Waals surface area contributed by atoms with Crippen LogP contribution in [0.15, 0.2) is 0 Å². The number of carboxylic acids is 1. The highest BCUT2D eigenvalue weighted by Gasteiger charge is 2.22. The highest BCUT2D eigenvalue weighted by Crippen LogP contribution is 2.13. The molecule has 20 heavy (non-hydrogen) atoms. The van der Waals surface area contributed by atoms with E-state index in [1.165, 1.54) is 0 Å². The zero-order valence-corrected chi connectivity index (χ0v) is 11.8. The maximum atomic E-state index is 11.6. The lowest BCUT2D eigenvalue weighted by Crippen LogP contribution is -2.47. The Balaban J connectivity index is 2.27. The second-order valence-corrected chi connectivity index (χ2v) is 5.33. The number of amides is 3. The predicted octanol–water partition coefficient (Wildman–Crippen LogP) is 0.881. The number of aliphatic carboxylic acids is 1. The van der Waals surface area contributed by atoms with Crippen molar-refractivity contribution in [2.24, 2.45) is 5.92 Å². The molecule has 0 aromatic rings. The van der Waals surface area contributed by atoms with E-state index in [9.17, 15) is 14.4 Å². The van der Waals surface area contributed by atoms with E-state index in [4.69, 9.17) is 9.84 Å². The van der Waals surface area contributed by atoms with Crippen molar-refractivity contribution >= 4 is 17.9 Å². The predicted molar refractivity (Wildman–Crippen MR) is 71.1 cm³/mol. The Morgan fingerprint density at radius 1 is 1.35 bits per heavy atom. The molecule has 0 radical (unpaired) electrons. The van der Waals surface area contributed by atoms with Crippen LogP contribution in [-0.2, 0) is 14.3 Å². The first-order chi connectivity index (χ1) is 9.36. The maximum Gasteiger partial charge on any atom is 0.321 e. The molecular formula is C13H22N2O5. The van der Waals surface area contributed by atoms with Gasteiger partial charge in [0.1, 0.15) is 0 Å². The van der Waals surface area contributed by atoms with Gasteiger partial charge < -0.3 is 15.2 Å². The molecule has 0 bridgehead atoms. The standard InChI is InChI=1S/C13H22N2O5/c1-8(6-12(17)18)5-11(16)15-13(19)14-10-3-4-20-9(2)7-10/h8-10H,3-7H2,1-2H3,(H,17,18)(H2,14,15,16,19). The van der Waals surface area contributed by atoms with Gasteiger partial charge in [-0.25, -0.2) is 4.79 Å². The lowest BCUT2D eigenvalue weighted by molar-refractivity contribution is -0.138. The van der Waals surface area contributed by atoms with E-state index in [0.717, 1.165) is 12.8 Å². The fourth-order valence-electron chi connectivity index (χ4n) is 2.22. The summed E-state index contributed by atoms with van der Waals surface area (Å²) in [6, 6.07) is -0.528. The minimum atomic E-state index is -0.953. The van der Waals surface area contributed by atoms with Crippen LogP contribution in [0.25, 0.3) is 0 Å². The number of urea groups is 1. The van der Waals surface area contributed by atoms with Crippen molar-refractivity contribution in [3.05, 3.63) is 0 Å². The van der Waals surface area contributed by atoms with Crippen LogP contribution in [0.2, 0.25) is 0 Å². The molecule has 3 atom stereocenters. The minimum Gasteiger partial charge on any atom is -0.481 e. The highest BCUT2D eigenvalue weighted by molar-refractivity contribution is 5.94. The van der Waals surface area contributed by atoms with Crippen molar-refractivity contribution in [2.45, 2.75) is 51.7 Å². The summed E-state index contributed by atoms with van der Waals surface area (Å²) in [7, 11) is 0. The maximum absolute atomic E-state index is 11.6. The molecule has 3 unspecified atom stereocenters. The van der Waals surface area contributed by atoms with Crippen LogP contribution >= 0.6 is 0 Å². The Labute approximate surface area is 118 Å². The number of hydrogen-bond acceptors (Lipinski definition) is 4. The van der Waals surface area contributed by atoms with Crippen molar-refractivity contribution in [3.63, 3.8) is 0 Å². The fraction of sp³-hybridized carbons (Fsp3) is 0.769. The van der Waals surface area contributed by atoms with E-state index in [1.54, 1.807) is 6.92 Å². The summed E-state index contributed by atoms with van der Waals surface area (Å²) in [5.74, 6) is -1.72. The summed E-state index contributed by atoms with van der Waals surface area (Å²) in [5, 5.41) is 13.5. The molecule has 0 spiro atoms. The van der Waals surface area contributed by atoms with Crippen molar-refractivity contribution in [1.82, 2.24) is 10.6 Å². The van der Waals surface area contributed by atoms with Gasteiger partial charge in [0.25, 0.3) is 0 Å². The van der Waals surface area contributed by atoms with E-state index >= 15 is 0 Å². The van der Waals surface area contributed by atoms with Crippen LogP contribution < -0.4 is 10.6 Å². The van der Waals surface area contributed by atoms with E-state index < -0.39 is 17.9 Å². The molecule has 0 saturated carbocycles. The molecular weight excluding hydrogens is 264 g/mol. The first-order valence-electron chi connectivity index (χ1n) is 6.80. The Morgan fingerprint density at radius 2 is 2.05 bits per heavy atom. The SMILES string of the molecule is CC(CC(=O)O)CC(=O)NC(=O)NC1CCOC(C)C1. The summed E-state index contributed by atoms with van der Waals surface area (Å²) in [5.41, 5.74) is 0. The normalized spacial score (nSPS) is 23.7. The number of rotatable bonds is 5. The topological polar surface area (TPSA) is 105 Å². The van der Waals surface area contributed by atoms with Gasteiger partial charge in [0, 0.05) is 25.5 Å². The van der Waals surface area contributed by atoms with Crippen LogP contribution in [-0.4, -0.2) is 41.8 Å². The average molecular weight is 286 g/mol. The summed E-state index contributed by atoms with van der Waals surface area (Å²) in [6.07, 6.45) is 1.47. The van der Waals surface area contributed by atoms with Gasteiger partial charge in [-0.15, -0.1) is 0 Å². The van der Waals surface area contributed by atoms with Gasteiger partial charge in [-0.1, -0.05) is 6.92 Å². The smallest absolute Gasteiger partial charge is 0.321 e. The molecule has 7 nitrogen and oxygen atoms in total. The molecule has 114 valence electrons. The van der Waals surface area contributed by atoms with Gasteiger partial charge in [0.05, 0.1) is 6.10 Å². The zero-order chi connectivity index (χ0) is 15.1. The van der Waals surface area contributed by atoms with Crippen molar-refractivity contribution in [3.8, 4) is 0 Å². The van der Waals surface area contributed by atoms with Crippen LogP contribution in [0, 0.1) is 5.92 Å². The summed E-state index contributed by atoms with van der Waals surface area (Å²) < 4.78 is 5.37. The third-order valence-corrected chi connectivity index (χ3v) is 3.13. The van der Waals surface area contributed by atoms with Crippen LogP contribution in [0.1, 0.15) is 39.5 Å². The van der Waals surface area contributed by atoms with Gasteiger partial charge in [-0.05, 0) is 25.7 Å².